The molecule has 0 bridgehead atoms. The van der Waals surface area contributed by atoms with Gasteiger partial charge in [0, 0.05) is 44.4 Å². The zero-order valence-electron chi connectivity index (χ0n) is 13.2. The molecule has 1 aromatic rings. The highest BCUT2D eigenvalue weighted by molar-refractivity contribution is 5.77. The first kappa shape index (κ1) is 15.0. The maximum atomic E-state index is 12.3. The topological polar surface area (TPSA) is 49.3 Å². The van der Waals surface area contributed by atoms with Crippen molar-refractivity contribution in [2.75, 3.05) is 31.1 Å². The van der Waals surface area contributed by atoms with E-state index in [0.717, 1.165) is 57.0 Å². The fourth-order valence-electron chi connectivity index (χ4n) is 3.16. The number of rotatable bonds is 4. The van der Waals surface area contributed by atoms with Gasteiger partial charge in [0.1, 0.15) is 12.1 Å². The van der Waals surface area contributed by atoms with Crippen LogP contribution in [0.5, 0.6) is 0 Å². The minimum Gasteiger partial charge on any atom is -0.353 e. The third-order valence-electron chi connectivity index (χ3n) is 4.58. The molecule has 0 radical (unpaired) electrons. The van der Waals surface area contributed by atoms with Crippen LogP contribution in [-0.2, 0) is 11.2 Å². The molecule has 0 unspecified atom stereocenters. The van der Waals surface area contributed by atoms with Gasteiger partial charge in [-0.3, -0.25) is 4.79 Å². The molecule has 2 heterocycles. The maximum Gasteiger partial charge on any atom is 0.223 e. The van der Waals surface area contributed by atoms with Crippen LogP contribution in [0.4, 0.5) is 5.82 Å². The predicted octanol–water partition coefficient (Wildman–Crippen LogP) is 2.04. The summed E-state index contributed by atoms with van der Waals surface area (Å²) in [5.41, 5.74) is 1.07. The van der Waals surface area contributed by atoms with Crippen molar-refractivity contribution in [1.82, 2.24) is 14.9 Å². The van der Waals surface area contributed by atoms with Gasteiger partial charge >= 0.3 is 0 Å². The number of anilines is 1. The van der Waals surface area contributed by atoms with E-state index in [0.29, 0.717) is 18.2 Å². The Balaban J connectivity index is 1.53. The van der Waals surface area contributed by atoms with Gasteiger partial charge in [-0.25, -0.2) is 9.97 Å². The quantitative estimate of drug-likeness (QED) is 0.799. The van der Waals surface area contributed by atoms with E-state index >= 15 is 0 Å². The summed E-state index contributed by atoms with van der Waals surface area (Å²) in [6.07, 6.45) is 9.87. The van der Waals surface area contributed by atoms with E-state index < -0.39 is 0 Å². The Kier molecular flexibility index (Phi) is 4.71. The number of carbonyl (C=O) groups excluding carboxylic acids is 1. The smallest absolute Gasteiger partial charge is 0.223 e. The van der Waals surface area contributed by atoms with Crippen molar-refractivity contribution in [1.29, 1.82) is 0 Å². The third kappa shape index (κ3) is 3.46. The van der Waals surface area contributed by atoms with Crippen molar-refractivity contribution in [3.63, 3.8) is 0 Å². The Morgan fingerprint density at radius 1 is 1.27 bits per heavy atom. The summed E-state index contributed by atoms with van der Waals surface area (Å²) in [4.78, 5) is 25.2. The molecule has 3 rings (SSSR count). The van der Waals surface area contributed by atoms with Crippen LogP contribution < -0.4 is 4.90 Å². The van der Waals surface area contributed by atoms with Gasteiger partial charge in [0.2, 0.25) is 5.91 Å². The summed E-state index contributed by atoms with van der Waals surface area (Å²) >= 11 is 0. The van der Waals surface area contributed by atoms with Crippen LogP contribution in [0.2, 0.25) is 0 Å². The minimum atomic E-state index is 0.299. The number of hydrogen-bond donors (Lipinski definition) is 0. The molecule has 0 N–H and O–H groups in total. The fraction of sp³-hybridized carbons (Fsp3) is 0.588. The number of piperazine rings is 1. The number of nitrogens with zero attached hydrogens (tertiary/aromatic N) is 4. The SMILES string of the molecule is CCc1cc(N2CCN(C(=O)C[C@H]3C=CCC3)CC2)ncn1. The molecule has 5 heteroatoms. The first-order valence-corrected chi connectivity index (χ1v) is 8.26. The summed E-state index contributed by atoms with van der Waals surface area (Å²) in [6, 6.07) is 2.06. The van der Waals surface area contributed by atoms with Gasteiger partial charge in [0.15, 0.2) is 0 Å². The van der Waals surface area contributed by atoms with Gasteiger partial charge in [0.05, 0.1) is 0 Å². The minimum absolute atomic E-state index is 0.299. The molecular formula is C17H24N4O. The van der Waals surface area contributed by atoms with Crippen LogP contribution in [0.15, 0.2) is 24.5 Å². The monoisotopic (exact) mass is 300 g/mol. The van der Waals surface area contributed by atoms with E-state index in [1.165, 1.54) is 0 Å². The number of aromatic nitrogens is 2. The molecule has 0 spiro atoms. The number of carbonyl (C=O) groups is 1. The number of hydrogen-bond acceptors (Lipinski definition) is 4. The van der Waals surface area contributed by atoms with Crippen LogP contribution in [0.3, 0.4) is 0 Å². The molecule has 0 saturated carbocycles. The molecule has 1 aliphatic heterocycles. The van der Waals surface area contributed by atoms with Gasteiger partial charge < -0.3 is 9.80 Å². The Bertz CT molecular complexity index is 549. The second kappa shape index (κ2) is 6.90. The van der Waals surface area contributed by atoms with Crippen molar-refractivity contribution < 1.29 is 4.79 Å². The van der Waals surface area contributed by atoms with Crippen LogP contribution in [0, 0.1) is 5.92 Å². The van der Waals surface area contributed by atoms with Gasteiger partial charge in [-0.05, 0) is 25.2 Å². The standard InChI is InChI=1S/C17H24N4O/c1-2-15-12-16(19-13-18-15)20-7-9-21(10-8-20)17(22)11-14-5-3-4-6-14/h3,5,12-14H,2,4,6-11H2,1H3/t14-/m0/s1. The number of aryl methyl sites for hydroxylation is 1. The van der Waals surface area contributed by atoms with Gasteiger partial charge in [-0.15, -0.1) is 0 Å². The van der Waals surface area contributed by atoms with Gasteiger partial charge in [-0.2, -0.15) is 0 Å². The molecule has 1 saturated heterocycles. The summed E-state index contributed by atoms with van der Waals surface area (Å²) in [7, 11) is 0. The molecule has 1 aromatic heterocycles. The Labute approximate surface area is 132 Å². The van der Waals surface area contributed by atoms with Gasteiger partial charge in [-0.1, -0.05) is 19.1 Å². The molecule has 2 aliphatic rings. The van der Waals surface area contributed by atoms with Crippen LogP contribution >= 0.6 is 0 Å². The molecule has 1 amide bonds. The number of amides is 1. The maximum absolute atomic E-state index is 12.3. The second-order valence-electron chi connectivity index (χ2n) is 6.06. The van der Waals surface area contributed by atoms with E-state index in [-0.39, 0.29) is 0 Å². The first-order valence-electron chi connectivity index (χ1n) is 8.26. The van der Waals surface area contributed by atoms with Crippen molar-refractivity contribution in [2.24, 2.45) is 5.92 Å². The van der Waals surface area contributed by atoms with Gasteiger partial charge in [0.25, 0.3) is 0 Å². The normalized spacial score (nSPS) is 21.4. The van der Waals surface area contributed by atoms with E-state index in [9.17, 15) is 4.79 Å². The van der Waals surface area contributed by atoms with E-state index in [2.05, 4.69) is 40.0 Å². The zero-order valence-corrected chi connectivity index (χ0v) is 13.2. The molecule has 1 fully saturated rings. The van der Waals surface area contributed by atoms with Crippen molar-refractivity contribution in [2.45, 2.75) is 32.6 Å². The van der Waals surface area contributed by atoms with Crippen molar-refractivity contribution >= 4 is 11.7 Å². The van der Waals surface area contributed by atoms with Crippen LogP contribution in [0.25, 0.3) is 0 Å². The lowest BCUT2D eigenvalue weighted by molar-refractivity contribution is -0.132. The highest BCUT2D eigenvalue weighted by Gasteiger charge is 2.24. The van der Waals surface area contributed by atoms with Crippen LogP contribution in [-0.4, -0.2) is 47.0 Å². The molecule has 1 atom stereocenters. The van der Waals surface area contributed by atoms with Crippen LogP contribution in [0.1, 0.15) is 31.9 Å². The average Bonchev–Trinajstić information content (AvgIpc) is 3.08. The lowest BCUT2D eigenvalue weighted by Gasteiger charge is -2.35. The average molecular weight is 300 g/mol. The summed E-state index contributed by atoms with van der Waals surface area (Å²) in [5, 5.41) is 0. The van der Waals surface area contributed by atoms with Crippen molar-refractivity contribution in [3.05, 3.63) is 30.2 Å². The molecule has 1 aliphatic carbocycles. The Morgan fingerprint density at radius 3 is 2.77 bits per heavy atom. The summed E-state index contributed by atoms with van der Waals surface area (Å²) < 4.78 is 0. The molecule has 5 nitrogen and oxygen atoms in total. The lowest BCUT2D eigenvalue weighted by atomic mass is 10.0. The lowest BCUT2D eigenvalue weighted by Crippen LogP contribution is -2.49. The Hall–Kier alpha value is -1.91. The summed E-state index contributed by atoms with van der Waals surface area (Å²) in [5.74, 6) is 1.74. The van der Waals surface area contributed by atoms with E-state index in [1.54, 1.807) is 6.33 Å². The molecular weight excluding hydrogens is 276 g/mol. The predicted molar refractivity (Wildman–Crippen MR) is 86.7 cm³/mol. The van der Waals surface area contributed by atoms with E-state index in [4.69, 9.17) is 0 Å². The Morgan fingerprint density at radius 2 is 2.09 bits per heavy atom. The van der Waals surface area contributed by atoms with Crippen molar-refractivity contribution in [3.8, 4) is 0 Å². The third-order valence-corrected chi connectivity index (χ3v) is 4.58. The molecule has 118 valence electrons. The molecule has 0 aromatic carbocycles. The number of allylic oxidation sites excluding steroid dienone is 2. The van der Waals surface area contributed by atoms with E-state index in [1.807, 2.05) is 4.90 Å². The fourth-order valence-corrected chi connectivity index (χ4v) is 3.16. The second-order valence-corrected chi connectivity index (χ2v) is 6.06. The highest BCUT2D eigenvalue weighted by Crippen LogP contribution is 2.22. The first-order chi connectivity index (χ1) is 10.8. The molecule has 22 heavy (non-hydrogen) atoms. The zero-order chi connectivity index (χ0) is 15.4. The largest absolute Gasteiger partial charge is 0.353 e. The highest BCUT2D eigenvalue weighted by atomic mass is 16.2. The summed E-state index contributed by atoms with van der Waals surface area (Å²) in [6.45, 7) is 5.39.